The van der Waals surface area contributed by atoms with Crippen molar-refractivity contribution in [3.8, 4) is 11.5 Å². The molecule has 0 aliphatic rings. The Morgan fingerprint density at radius 3 is 2.13 bits per heavy atom. The molecule has 0 heterocycles. The largest absolute Gasteiger partial charge is 0.497 e. The van der Waals surface area contributed by atoms with E-state index in [1.54, 1.807) is 19.2 Å². The second-order valence-corrected chi connectivity index (χ2v) is 7.64. The maximum absolute atomic E-state index is 11.9. The fraction of sp³-hybridized carbons (Fsp3) is 0.625. The summed E-state index contributed by atoms with van der Waals surface area (Å²) < 4.78 is 15.9. The molecule has 0 radical (unpaired) electrons. The van der Waals surface area contributed by atoms with Gasteiger partial charge in [-0.25, -0.2) is 0 Å². The van der Waals surface area contributed by atoms with E-state index in [2.05, 4.69) is 6.92 Å². The van der Waals surface area contributed by atoms with Crippen molar-refractivity contribution in [2.75, 3.05) is 7.11 Å². The third kappa shape index (κ3) is 11.6. The van der Waals surface area contributed by atoms with Crippen LogP contribution in [0.3, 0.4) is 0 Å². The highest BCUT2D eigenvalue weighted by Crippen LogP contribution is 2.25. The number of carbonyl (C=O) groups excluding carboxylic acids is 3. The lowest BCUT2D eigenvalue weighted by Crippen LogP contribution is -2.19. The lowest BCUT2D eigenvalue weighted by molar-refractivity contribution is -0.146. The normalized spacial score (nSPS) is 11.6. The molecule has 0 bridgehead atoms. The van der Waals surface area contributed by atoms with Gasteiger partial charge in [-0.2, -0.15) is 0 Å². The average Bonchev–Trinajstić information content (AvgIpc) is 2.66. The Hall–Kier alpha value is -2.37. The Labute approximate surface area is 180 Å². The van der Waals surface area contributed by atoms with Crippen LogP contribution in [-0.4, -0.2) is 30.9 Å². The monoisotopic (exact) mass is 420 g/mol. The topological polar surface area (TPSA) is 78.9 Å². The van der Waals surface area contributed by atoms with Crippen LogP contribution >= 0.6 is 0 Å². The Morgan fingerprint density at radius 1 is 0.867 bits per heavy atom. The molecule has 1 aromatic carbocycles. The number of carbonyl (C=O) groups is 3. The van der Waals surface area contributed by atoms with Gasteiger partial charge in [0.05, 0.1) is 7.11 Å². The van der Waals surface area contributed by atoms with Crippen LogP contribution in [0.4, 0.5) is 0 Å². The fourth-order valence-electron chi connectivity index (χ4n) is 3.36. The highest BCUT2D eigenvalue weighted by atomic mass is 16.5. The lowest BCUT2D eigenvalue weighted by atomic mass is 10.0. The van der Waals surface area contributed by atoms with Gasteiger partial charge in [0.15, 0.2) is 0 Å². The molecule has 1 rings (SSSR count). The predicted octanol–water partition coefficient (Wildman–Crippen LogP) is 5.19. The Balaban J connectivity index is 2.56. The summed E-state index contributed by atoms with van der Waals surface area (Å²) in [6.07, 6.45) is 8.14. The molecule has 0 aliphatic carbocycles. The van der Waals surface area contributed by atoms with Crippen LogP contribution in [0.5, 0.6) is 11.5 Å². The van der Waals surface area contributed by atoms with Gasteiger partial charge < -0.3 is 14.2 Å². The number of hydrogen-bond donors (Lipinski definition) is 0. The first-order chi connectivity index (χ1) is 14.3. The molecule has 0 fully saturated rings. The molecular formula is C24H36O6. The molecule has 1 aromatic rings. The van der Waals surface area contributed by atoms with Crippen LogP contribution in [0.2, 0.25) is 0 Å². The smallest absolute Gasteiger partial charge is 0.308 e. The molecule has 0 saturated carbocycles. The van der Waals surface area contributed by atoms with Crippen LogP contribution in [0.25, 0.3) is 0 Å². The fourth-order valence-corrected chi connectivity index (χ4v) is 3.36. The highest BCUT2D eigenvalue weighted by Gasteiger charge is 2.15. The zero-order valence-electron chi connectivity index (χ0n) is 18.8. The van der Waals surface area contributed by atoms with Gasteiger partial charge in [0.1, 0.15) is 23.4 Å². The first-order valence-corrected chi connectivity index (χ1v) is 10.9. The summed E-state index contributed by atoms with van der Waals surface area (Å²) in [5.41, 5.74) is 0.864. The van der Waals surface area contributed by atoms with E-state index in [1.165, 1.54) is 13.8 Å². The number of ether oxygens (including phenoxy) is 3. The molecule has 1 atom stereocenters. The summed E-state index contributed by atoms with van der Waals surface area (Å²) in [6.45, 7) is 4.87. The first-order valence-electron chi connectivity index (χ1n) is 10.9. The summed E-state index contributed by atoms with van der Waals surface area (Å²) in [4.78, 5) is 34.6. The van der Waals surface area contributed by atoms with Gasteiger partial charge in [0.2, 0.25) is 0 Å². The maximum Gasteiger partial charge on any atom is 0.308 e. The Bertz CT molecular complexity index is 682. The second kappa shape index (κ2) is 14.6. The molecule has 6 heteroatoms. The predicted molar refractivity (Wildman–Crippen MR) is 116 cm³/mol. The van der Waals surface area contributed by atoms with Crippen LogP contribution in [0.15, 0.2) is 18.2 Å². The Kier molecular flexibility index (Phi) is 12.5. The van der Waals surface area contributed by atoms with Gasteiger partial charge in [-0.3, -0.25) is 14.4 Å². The van der Waals surface area contributed by atoms with Gasteiger partial charge in [0, 0.05) is 39.2 Å². The van der Waals surface area contributed by atoms with Gasteiger partial charge in [-0.1, -0.05) is 26.2 Å². The minimum Gasteiger partial charge on any atom is -0.497 e. The number of Topliss-reactive ketones (excluding diaryl/α,β-unsaturated/α-hetero) is 1. The van der Waals surface area contributed by atoms with E-state index < -0.39 is 5.97 Å². The summed E-state index contributed by atoms with van der Waals surface area (Å²) in [5, 5.41) is 0. The summed E-state index contributed by atoms with van der Waals surface area (Å²) >= 11 is 0. The van der Waals surface area contributed by atoms with E-state index in [0.29, 0.717) is 43.0 Å². The molecule has 168 valence electrons. The molecule has 6 nitrogen and oxygen atoms in total. The van der Waals surface area contributed by atoms with Gasteiger partial charge >= 0.3 is 11.9 Å². The maximum atomic E-state index is 11.9. The third-order valence-electron chi connectivity index (χ3n) is 4.77. The molecule has 0 N–H and O–H groups in total. The quantitative estimate of drug-likeness (QED) is 0.221. The minimum atomic E-state index is -0.407. The summed E-state index contributed by atoms with van der Waals surface area (Å²) in [7, 11) is 1.55. The minimum absolute atomic E-state index is 0.278. The van der Waals surface area contributed by atoms with E-state index >= 15 is 0 Å². The number of methoxy groups -OCH3 is 1. The van der Waals surface area contributed by atoms with Crippen molar-refractivity contribution >= 4 is 17.7 Å². The lowest BCUT2D eigenvalue weighted by Gasteiger charge is -2.18. The highest BCUT2D eigenvalue weighted by molar-refractivity contribution is 5.78. The van der Waals surface area contributed by atoms with Crippen LogP contribution in [0.1, 0.15) is 84.1 Å². The SMILES string of the molecule is CCCCCC(=O)CCCCCC(Cc1cc(OC)cc(OC(C)=O)c1)OC(C)=O. The van der Waals surface area contributed by atoms with Crippen molar-refractivity contribution in [1.82, 2.24) is 0 Å². The van der Waals surface area contributed by atoms with E-state index in [1.807, 2.05) is 6.07 Å². The van der Waals surface area contributed by atoms with Crippen molar-refractivity contribution in [2.45, 2.75) is 91.1 Å². The average molecular weight is 421 g/mol. The zero-order valence-corrected chi connectivity index (χ0v) is 18.8. The van der Waals surface area contributed by atoms with Crippen molar-refractivity contribution in [3.63, 3.8) is 0 Å². The third-order valence-corrected chi connectivity index (χ3v) is 4.77. The number of rotatable bonds is 15. The van der Waals surface area contributed by atoms with E-state index in [4.69, 9.17) is 14.2 Å². The van der Waals surface area contributed by atoms with Crippen LogP contribution in [0, 0.1) is 0 Å². The molecule has 0 spiro atoms. The number of unbranched alkanes of at least 4 members (excludes halogenated alkanes) is 4. The van der Waals surface area contributed by atoms with Gasteiger partial charge in [-0.15, -0.1) is 0 Å². The van der Waals surface area contributed by atoms with Gasteiger partial charge in [-0.05, 0) is 43.4 Å². The van der Waals surface area contributed by atoms with E-state index in [9.17, 15) is 14.4 Å². The standard InChI is InChI=1S/C24H36O6/c1-5-6-8-11-21(27)12-9-7-10-13-22(29-18(2)25)14-20-15-23(28-4)17-24(16-20)30-19(3)26/h15-17,22H,5-14H2,1-4H3. The molecule has 0 aromatic heterocycles. The van der Waals surface area contributed by atoms with E-state index in [-0.39, 0.29) is 12.1 Å². The van der Waals surface area contributed by atoms with E-state index in [0.717, 1.165) is 44.1 Å². The number of benzene rings is 1. The van der Waals surface area contributed by atoms with Crippen molar-refractivity contribution in [1.29, 1.82) is 0 Å². The molecule has 0 amide bonds. The molecule has 30 heavy (non-hydrogen) atoms. The molecule has 0 aliphatic heterocycles. The van der Waals surface area contributed by atoms with Gasteiger partial charge in [0.25, 0.3) is 0 Å². The Morgan fingerprint density at radius 2 is 1.53 bits per heavy atom. The summed E-state index contributed by atoms with van der Waals surface area (Å²) in [5.74, 6) is 0.588. The van der Waals surface area contributed by atoms with Crippen LogP contribution in [-0.2, 0) is 25.5 Å². The van der Waals surface area contributed by atoms with Crippen molar-refractivity contribution in [2.24, 2.45) is 0 Å². The van der Waals surface area contributed by atoms with Crippen molar-refractivity contribution in [3.05, 3.63) is 23.8 Å². The van der Waals surface area contributed by atoms with Crippen LogP contribution < -0.4 is 9.47 Å². The zero-order chi connectivity index (χ0) is 22.4. The summed E-state index contributed by atoms with van der Waals surface area (Å²) in [6, 6.07) is 5.25. The number of esters is 2. The number of hydrogen-bond acceptors (Lipinski definition) is 6. The van der Waals surface area contributed by atoms with Crippen molar-refractivity contribution < 1.29 is 28.6 Å². The first kappa shape index (κ1) is 25.7. The molecular weight excluding hydrogens is 384 g/mol. The number of ketones is 1. The second-order valence-electron chi connectivity index (χ2n) is 7.64. The molecule has 1 unspecified atom stereocenters. The molecule has 0 saturated heterocycles.